The second kappa shape index (κ2) is 5.54. The monoisotopic (exact) mass is 337 g/mol. The van der Waals surface area contributed by atoms with Crippen molar-refractivity contribution in [1.82, 2.24) is 19.7 Å². The first-order valence-electron chi connectivity index (χ1n) is 8.14. The van der Waals surface area contributed by atoms with Crippen molar-refractivity contribution in [3.05, 3.63) is 40.9 Å². The average Bonchev–Trinajstić information content (AvgIpc) is 3.08. The molecule has 0 atom stereocenters. The zero-order valence-corrected chi connectivity index (χ0v) is 14.7. The van der Waals surface area contributed by atoms with Crippen LogP contribution in [0.25, 0.3) is 22.3 Å². The van der Waals surface area contributed by atoms with Gasteiger partial charge in [-0.3, -0.25) is 4.99 Å². The first-order chi connectivity index (χ1) is 12.0. The summed E-state index contributed by atoms with van der Waals surface area (Å²) in [6.07, 6.45) is 1.80. The van der Waals surface area contributed by atoms with Crippen molar-refractivity contribution in [2.24, 2.45) is 4.99 Å². The van der Waals surface area contributed by atoms with Crippen LogP contribution in [0.4, 0.5) is 0 Å². The maximum Gasteiger partial charge on any atom is 0.177 e. The standard InChI is InChI=1S/C18H19N5O2/c1-9-14(10(2)24)8-23-12(4)21-18-16(23)5-13(6-20-18)17-11(3)25-22-15(17)7-19-9/h5-6,24H,7-8H2,1-4H3/b14-10-,19-9-. The lowest BCUT2D eigenvalue weighted by Crippen LogP contribution is -2.11. The molecule has 1 N–H and O–H groups in total. The molecule has 128 valence electrons. The van der Waals surface area contributed by atoms with Crippen LogP contribution in [0.15, 0.2) is 33.1 Å². The quantitative estimate of drug-likeness (QED) is 0.634. The lowest BCUT2D eigenvalue weighted by molar-refractivity contribution is 0.391. The number of rotatable bonds is 0. The molecule has 4 rings (SSSR count). The average molecular weight is 337 g/mol. The van der Waals surface area contributed by atoms with Crippen LogP contribution in [0.2, 0.25) is 0 Å². The van der Waals surface area contributed by atoms with E-state index in [2.05, 4.69) is 26.2 Å². The second-order valence-corrected chi connectivity index (χ2v) is 6.34. The van der Waals surface area contributed by atoms with Crippen molar-refractivity contribution in [3.8, 4) is 11.1 Å². The number of nitrogens with zero attached hydrogens (tertiary/aromatic N) is 5. The fourth-order valence-corrected chi connectivity index (χ4v) is 3.29. The van der Waals surface area contributed by atoms with Crippen molar-refractivity contribution in [2.45, 2.75) is 40.8 Å². The number of aromatic nitrogens is 4. The van der Waals surface area contributed by atoms with Gasteiger partial charge in [0.05, 0.1) is 29.9 Å². The molecule has 3 aromatic heterocycles. The first-order valence-corrected chi connectivity index (χ1v) is 8.14. The molecule has 0 fully saturated rings. The van der Waals surface area contributed by atoms with Crippen LogP contribution in [0.5, 0.6) is 0 Å². The Balaban J connectivity index is 2.07. The molecule has 0 aliphatic carbocycles. The molecule has 3 aromatic rings. The van der Waals surface area contributed by atoms with Crippen LogP contribution in [-0.2, 0) is 13.1 Å². The van der Waals surface area contributed by atoms with E-state index in [-0.39, 0.29) is 5.76 Å². The molecule has 4 heterocycles. The normalized spacial score (nSPS) is 18.6. The lowest BCUT2D eigenvalue weighted by atomic mass is 10.1. The van der Waals surface area contributed by atoms with E-state index in [0.717, 1.165) is 45.2 Å². The smallest absolute Gasteiger partial charge is 0.177 e. The number of hydrogen-bond donors (Lipinski definition) is 1. The maximum absolute atomic E-state index is 10.2. The summed E-state index contributed by atoms with van der Waals surface area (Å²) < 4.78 is 7.44. The topological polar surface area (TPSA) is 89.3 Å². The third-order valence-corrected chi connectivity index (χ3v) is 4.67. The van der Waals surface area contributed by atoms with Crippen molar-refractivity contribution in [3.63, 3.8) is 0 Å². The summed E-state index contributed by atoms with van der Waals surface area (Å²) in [4.78, 5) is 13.7. The summed E-state index contributed by atoms with van der Waals surface area (Å²) in [7, 11) is 0. The molecule has 0 aromatic carbocycles. The highest BCUT2D eigenvalue weighted by Gasteiger charge is 2.20. The molecule has 0 amide bonds. The van der Waals surface area contributed by atoms with Crippen LogP contribution in [-0.4, -0.2) is 30.5 Å². The van der Waals surface area contributed by atoms with Gasteiger partial charge in [0.25, 0.3) is 0 Å². The molecule has 2 bridgehead atoms. The molecule has 7 heteroatoms. The minimum Gasteiger partial charge on any atom is -0.512 e. The van der Waals surface area contributed by atoms with E-state index < -0.39 is 0 Å². The summed E-state index contributed by atoms with van der Waals surface area (Å²) in [5.74, 6) is 1.83. The Morgan fingerprint density at radius 1 is 1.28 bits per heavy atom. The van der Waals surface area contributed by atoms with Gasteiger partial charge in [-0.15, -0.1) is 0 Å². The minimum absolute atomic E-state index is 0.252. The number of fused-ring (bicyclic) bond motifs is 3. The van der Waals surface area contributed by atoms with Crippen LogP contribution in [0.1, 0.15) is 31.1 Å². The fraction of sp³-hybridized carbons (Fsp3) is 0.333. The fourth-order valence-electron chi connectivity index (χ4n) is 3.29. The molecule has 0 radical (unpaired) electrons. The Kier molecular flexibility index (Phi) is 3.45. The van der Waals surface area contributed by atoms with Gasteiger partial charge in [-0.05, 0) is 33.8 Å². The van der Waals surface area contributed by atoms with Gasteiger partial charge < -0.3 is 14.2 Å². The van der Waals surface area contributed by atoms with Crippen molar-refractivity contribution < 1.29 is 9.63 Å². The van der Waals surface area contributed by atoms with E-state index in [1.807, 2.05) is 25.3 Å². The maximum atomic E-state index is 10.2. The van der Waals surface area contributed by atoms with Crippen molar-refractivity contribution in [1.29, 1.82) is 0 Å². The number of aryl methyl sites for hydroxylation is 2. The predicted molar refractivity (Wildman–Crippen MR) is 94.6 cm³/mol. The summed E-state index contributed by atoms with van der Waals surface area (Å²) >= 11 is 0. The molecule has 1 aliphatic heterocycles. The van der Waals surface area contributed by atoms with Crippen molar-refractivity contribution in [2.75, 3.05) is 0 Å². The van der Waals surface area contributed by atoms with Crippen LogP contribution in [0, 0.1) is 13.8 Å². The molecule has 0 saturated carbocycles. The van der Waals surface area contributed by atoms with E-state index >= 15 is 0 Å². The molecule has 1 aliphatic rings. The Bertz CT molecular complexity index is 1050. The molecule has 0 spiro atoms. The lowest BCUT2D eigenvalue weighted by Gasteiger charge is -2.12. The Morgan fingerprint density at radius 2 is 2.08 bits per heavy atom. The van der Waals surface area contributed by atoms with Gasteiger partial charge in [0, 0.05) is 23.0 Å². The number of hydrogen-bond acceptors (Lipinski definition) is 6. The van der Waals surface area contributed by atoms with E-state index in [1.165, 1.54) is 0 Å². The first kappa shape index (κ1) is 15.6. The van der Waals surface area contributed by atoms with Gasteiger partial charge >= 0.3 is 0 Å². The number of allylic oxidation sites excluding steroid dienone is 2. The molecule has 25 heavy (non-hydrogen) atoms. The van der Waals surface area contributed by atoms with Gasteiger partial charge in [0.2, 0.25) is 0 Å². The summed E-state index contributed by atoms with van der Waals surface area (Å²) in [6, 6.07) is 2.05. The Hall–Kier alpha value is -2.96. The van der Waals surface area contributed by atoms with E-state index in [0.29, 0.717) is 18.7 Å². The SMILES string of the molecule is C/C1=N/Cc2noc(C)c2-c2cnc3nc(C)n(c3c2)C\C1=C(/C)O. The Morgan fingerprint density at radius 3 is 2.84 bits per heavy atom. The van der Waals surface area contributed by atoms with Gasteiger partial charge in [-0.2, -0.15) is 0 Å². The Labute approximate surface area is 144 Å². The van der Waals surface area contributed by atoms with Crippen molar-refractivity contribution >= 4 is 16.9 Å². The predicted octanol–water partition coefficient (Wildman–Crippen LogP) is 3.51. The highest BCUT2D eigenvalue weighted by molar-refractivity contribution is 5.98. The van der Waals surface area contributed by atoms with E-state index in [9.17, 15) is 5.11 Å². The summed E-state index contributed by atoms with van der Waals surface area (Å²) in [5, 5.41) is 14.3. The number of imidazole rings is 1. The second-order valence-electron chi connectivity index (χ2n) is 6.34. The van der Waals surface area contributed by atoms with Gasteiger partial charge in [0.15, 0.2) is 5.65 Å². The molecular formula is C18H19N5O2. The zero-order chi connectivity index (χ0) is 17.7. The van der Waals surface area contributed by atoms with Crippen LogP contribution >= 0.6 is 0 Å². The highest BCUT2D eigenvalue weighted by atomic mass is 16.5. The number of aliphatic hydroxyl groups excluding tert-OH is 1. The van der Waals surface area contributed by atoms with E-state index in [1.54, 1.807) is 13.1 Å². The largest absolute Gasteiger partial charge is 0.512 e. The molecule has 7 nitrogen and oxygen atoms in total. The number of aliphatic imine (C=N–C) groups is 1. The highest BCUT2D eigenvalue weighted by Crippen LogP contribution is 2.31. The molecular weight excluding hydrogens is 318 g/mol. The summed E-state index contributed by atoms with van der Waals surface area (Å²) in [5.41, 5.74) is 5.76. The molecule has 0 unspecified atom stereocenters. The number of pyridine rings is 1. The van der Waals surface area contributed by atoms with Gasteiger partial charge in [-0.25, -0.2) is 9.97 Å². The third kappa shape index (κ3) is 2.43. The summed E-state index contributed by atoms with van der Waals surface area (Å²) in [6.45, 7) is 8.28. The van der Waals surface area contributed by atoms with E-state index in [4.69, 9.17) is 4.52 Å². The van der Waals surface area contributed by atoms with Crippen LogP contribution < -0.4 is 0 Å². The van der Waals surface area contributed by atoms with Gasteiger partial charge in [0.1, 0.15) is 17.3 Å². The molecule has 0 saturated heterocycles. The zero-order valence-electron chi connectivity index (χ0n) is 14.7. The van der Waals surface area contributed by atoms with Crippen LogP contribution in [0.3, 0.4) is 0 Å². The number of aliphatic hydroxyl groups is 1. The third-order valence-electron chi connectivity index (χ3n) is 4.67. The van der Waals surface area contributed by atoms with Gasteiger partial charge in [-0.1, -0.05) is 5.16 Å². The minimum atomic E-state index is 0.252.